The second-order valence-corrected chi connectivity index (χ2v) is 9.38. The first-order chi connectivity index (χ1) is 15.3. The predicted molar refractivity (Wildman–Crippen MR) is 118 cm³/mol. The second-order valence-electron chi connectivity index (χ2n) is 8.68. The molecule has 3 aliphatic heterocycles. The second kappa shape index (κ2) is 9.15. The molecule has 1 aromatic carbocycles. The van der Waals surface area contributed by atoms with E-state index in [-0.39, 0.29) is 29.9 Å². The summed E-state index contributed by atoms with van der Waals surface area (Å²) in [5, 5.41) is 9.23. The zero-order valence-corrected chi connectivity index (χ0v) is 18.7. The number of hydrogen-bond donors (Lipinski definition) is 3. The van der Waals surface area contributed by atoms with Crippen molar-refractivity contribution in [1.82, 2.24) is 14.7 Å². The molecular weight excluding hydrogens is 432 g/mol. The summed E-state index contributed by atoms with van der Waals surface area (Å²) in [5.41, 5.74) is 7.66. The zero-order valence-electron chi connectivity index (χ0n) is 17.9. The summed E-state index contributed by atoms with van der Waals surface area (Å²) in [7, 11) is 0. The number of anilines is 1. The molecule has 1 unspecified atom stereocenters. The number of carbonyl (C=O) groups is 2. The van der Waals surface area contributed by atoms with E-state index in [0.29, 0.717) is 38.2 Å². The molecule has 2 bridgehead atoms. The quantitative estimate of drug-likeness (QED) is 0.501. The van der Waals surface area contributed by atoms with Crippen LogP contribution in [0.3, 0.4) is 0 Å². The van der Waals surface area contributed by atoms with E-state index in [4.69, 9.17) is 10.3 Å². The number of nitriles is 1. The number of amides is 2. The van der Waals surface area contributed by atoms with Crippen molar-refractivity contribution in [3.05, 3.63) is 29.8 Å². The largest absolute Gasteiger partial charge is 0.330 e. The van der Waals surface area contributed by atoms with Gasteiger partial charge in [-0.3, -0.25) is 23.8 Å². The summed E-state index contributed by atoms with van der Waals surface area (Å²) < 4.78 is 22.2. The summed E-state index contributed by atoms with van der Waals surface area (Å²) in [6.07, 6.45) is 2.20. The smallest absolute Gasteiger partial charge is 0.259 e. The lowest BCUT2D eigenvalue weighted by molar-refractivity contribution is -0.140. The Hall–Kier alpha value is -2.52. The molecule has 3 aliphatic rings. The van der Waals surface area contributed by atoms with Crippen LogP contribution in [0.15, 0.2) is 24.3 Å². The first kappa shape index (κ1) is 22.7. The highest BCUT2D eigenvalue weighted by Gasteiger charge is 2.51. The average molecular weight is 461 g/mol. The predicted octanol–water partition coefficient (Wildman–Crippen LogP) is 0.423. The standard InChI is InChI=1S/C21H28N6O4S/c1-13(14-4-6-15(7-5-14)24-32(30)31)27-17-9-19(21(27)29)25(11-17)12-18(23)20(28)26-8-2-3-16(26)10-22/h4-7,13,16-19,24H,2-3,8-9,11-12,23H2,1H3,(H,30,31)/t13-,16-,17+,18-,19+/m0/s1. The Bertz CT molecular complexity index is 951. The van der Waals surface area contributed by atoms with Crippen molar-refractivity contribution in [3.63, 3.8) is 0 Å². The van der Waals surface area contributed by atoms with Crippen LogP contribution in [0.1, 0.15) is 37.8 Å². The minimum absolute atomic E-state index is 0.0307. The maximum Gasteiger partial charge on any atom is 0.259 e. The molecule has 4 N–H and O–H groups in total. The van der Waals surface area contributed by atoms with Gasteiger partial charge in [-0.1, -0.05) is 12.1 Å². The summed E-state index contributed by atoms with van der Waals surface area (Å²) in [6.45, 7) is 3.50. The van der Waals surface area contributed by atoms with Gasteiger partial charge in [-0.15, -0.1) is 0 Å². The summed E-state index contributed by atoms with van der Waals surface area (Å²) in [6, 6.07) is 7.74. The Balaban J connectivity index is 1.37. The molecule has 0 spiro atoms. The van der Waals surface area contributed by atoms with Gasteiger partial charge in [-0.2, -0.15) is 5.26 Å². The Morgan fingerprint density at radius 2 is 2.12 bits per heavy atom. The fraction of sp³-hybridized carbons (Fsp3) is 0.571. The third-order valence-corrected chi connectivity index (χ3v) is 7.17. The molecule has 0 radical (unpaired) electrons. The van der Waals surface area contributed by atoms with Gasteiger partial charge in [-0.05, 0) is 43.9 Å². The molecule has 172 valence electrons. The highest BCUT2D eigenvalue weighted by Crippen LogP contribution is 2.38. The number of benzene rings is 1. The van der Waals surface area contributed by atoms with E-state index in [2.05, 4.69) is 10.8 Å². The lowest BCUT2D eigenvalue weighted by atomic mass is 10.0. The molecule has 0 saturated carbocycles. The van der Waals surface area contributed by atoms with Crippen LogP contribution in [0, 0.1) is 11.3 Å². The lowest BCUT2D eigenvalue weighted by Gasteiger charge is -2.38. The van der Waals surface area contributed by atoms with Gasteiger partial charge in [0.2, 0.25) is 11.8 Å². The zero-order chi connectivity index (χ0) is 23.0. The number of rotatable bonds is 7. The maximum absolute atomic E-state index is 13.1. The van der Waals surface area contributed by atoms with Crippen molar-refractivity contribution in [2.75, 3.05) is 24.4 Å². The molecule has 6 atom stereocenters. The Kier molecular flexibility index (Phi) is 6.48. The van der Waals surface area contributed by atoms with Crippen LogP contribution in [-0.2, 0) is 20.9 Å². The highest BCUT2D eigenvalue weighted by molar-refractivity contribution is 7.80. The van der Waals surface area contributed by atoms with Crippen LogP contribution in [0.4, 0.5) is 5.69 Å². The van der Waals surface area contributed by atoms with Crippen LogP contribution in [-0.4, -0.2) is 79.1 Å². The molecule has 3 fully saturated rings. The molecule has 3 heterocycles. The fourth-order valence-corrected chi connectivity index (χ4v) is 5.54. The van der Waals surface area contributed by atoms with E-state index in [0.717, 1.165) is 12.0 Å². The topological polar surface area (TPSA) is 143 Å². The normalized spacial score (nSPS) is 27.9. The molecular formula is C21H28N6O4S. The molecule has 32 heavy (non-hydrogen) atoms. The highest BCUT2D eigenvalue weighted by atomic mass is 32.2. The third-order valence-electron chi connectivity index (χ3n) is 6.76. The average Bonchev–Trinajstić information content (AvgIpc) is 3.47. The number of piperazine rings is 1. The van der Waals surface area contributed by atoms with E-state index in [1.165, 1.54) is 0 Å². The third kappa shape index (κ3) is 4.23. The molecule has 1 aromatic rings. The van der Waals surface area contributed by atoms with Crippen LogP contribution in [0.5, 0.6) is 0 Å². The number of carbonyl (C=O) groups excluding carboxylic acids is 2. The van der Waals surface area contributed by atoms with Crippen molar-refractivity contribution >= 4 is 28.8 Å². The number of nitrogens with zero attached hydrogens (tertiary/aromatic N) is 4. The van der Waals surface area contributed by atoms with Gasteiger partial charge in [0.15, 0.2) is 0 Å². The summed E-state index contributed by atoms with van der Waals surface area (Å²) in [5.74, 6) is -0.185. The van der Waals surface area contributed by atoms with Gasteiger partial charge in [0.05, 0.1) is 24.2 Å². The Morgan fingerprint density at radius 3 is 2.75 bits per heavy atom. The van der Waals surface area contributed by atoms with Gasteiger partial charge >= 0.3 is 0 Å². The van der Waals surface area contributed by atoms with Gasteiger partial charge in [0, 0.05) is 31.4 Å². The van der Waals surface area contributed by atoms with Crippen molar-refractivity contribution < 1.29 is 18.4 Å². The number of likely N-dealkylation sites (tertiary alicyclic amines) is 3. The molecule has 4 rings (SSSR count). The van der Waals surface area contributed by atoms with E-state index in [9.17, 15) is 19.1 Å². The molecule has 3 saturated heterocycles. The SMILES string of the molecule is C[C@@H](c1ccc(NS(=O)O)cc1)N1C(=O)[C@H]2C[C@@H]1CN2C[C@H](N)C(=O)N1CCC[C@H]1C#N. The fourth-order valence-electron chi connectivity index (χ4n) is 5.20. The molecule has 0 aliphatic carbocycles. The summed E-state index contributed by atoms with van der Waals surface area (Å²) >= 11 is -2.13. The van der Waals surface area contributed by atoms with Crippen LogP contribution in [0.25, 0.3) is 0 Å². The minimum Gasteiger partial charge on any atom is -0.330 e. The van der Waals surface area contributed by atoms with Gasteiger partial charge < -0.3 is 15.5 Å². The van der Waals surface area contributed by atoms with Crippen molar-refractivity contribution in [2.24, 2.45) is 5.73 Å². The number of fused-ring (bicyclic) bond motifs is 2. The van der Waals surface area contributed by atoms with Crippen LogP contribution in [0.2, 0.25) is 0 Å². The summed E-state index contributed by atoms with van der Waals surface area (Å²) in [4.78, 5) is 31.3. The van der Waals surface area contributed by atoms with Gasteiger partial charge in [0.25, 0.3) is 11.3 Å². The van der Waals surface area contributed by atoms with E-state index in [1.54, 1.807) is 17.0 Å². The van der Waals surface area contributed by atoms with Crippen molar-refractivity contribution in [2.45, 2.75) is 56.4 Å². The lowest BCUT2D eigenvalue weighted by Crippen LogP contribution is -2.56. The van der Waals surface area contributed by atoms with E-state index in [1.807, 2.05) is 28.9 Å². The van der Waals surface area contributed by atoms with Crippen molar-refractivity contribution in [3.8, 4) is 6.07 Å². The maximum atomic E-state index is 13.1. The van der Waals surface area contributed by atoms with E-state index >= 15 is 0 Å². The van der Waals surface area contributed by atoms with Gasteiger partial charge in [-0.25, -0.2) is 4.21 Å². The van der Waals surface area contributed by atoms with Crippen molar-refractivity contribution in [1.29, 1.82) is 5.26 Å². The van der Waals surface area contributed by atoms with Crippen LogP contribution >= 0.6 is 0 Å². The Morgan fingerprint density at radius 1 is 1.41 bits per heavy atom. The molecule has 0 aromatic heterocycles. The first-order valence-electron chi connectivity index (χ1n) is 10.8. The minimum atomic E-state index is -2.13. The van der Waals surface area contributed by atoms with Gasteiger partial charge in [0.1, 0.15) is 6.04 Å². The molecule has 10 nitrogen and oxygen atoms in total. The van der Waals surface area contributed by atoms with E-state index < -0.39 is 23.4 Å². The first-order valence-corrected chi connectivity index (χ1v) is 11.9. The number of nitrogens with one attached hydrogen (secondary N) is 1. The Labute approximate surface area is 189 Å². The molecule has 11 heteroatoms. The monoisotopic (exact) mass is 460 g/mol. The molecule has 2 amide bonds. The van der Waals surface area contributed by atoms with Crippen LogP contribution < -0.4 is 10.5 Å². The number of hydrogen-bond acceptors (Lipinski definition) is 6. The number of nitrogens with two attached hydrogens (primary N) is 1.